The van der Waals surface area contributed by atoms with Crippen LogP contribution in [-0.4, -0.2) is 9.97 Å². The van der Waals surface area contributed by atoms with E-state index < -0.39 is 0 Å². The maximum atomic E-state index is 4.77. The zero-order chi connectivity index (χ0) is 11.2. The zero-order valence-electron chi connectivity index (χ0n) is 9.48. The van der Waals surface area contributed by atoms with Gasteiger partial charge in [-0.15, -0.1) is 0 Å². The van der Waals surface area contributed by atoms with Gasteiger partial charge < -0.3 is 0 Å². The summed E-state index contributed by atoms with van der Waals surface area (Å²) in [5.41, 5.74) is 6.99. The van der Waals surface area contributed by atoms with E-state index >= 15 is 0 Å². The lowest BCUT2D eigenvalue weighted by Gasteiger charge is -2.07. The Kier molecular flexibility index (Phi) is 1.75. The first-order chi connectivity index (χ1) is 8.42. The molecule has 2 aliphatic rings. The summed E-state index contributed by atoms with van der Waals surface area (Å²) in [5.74, 6) is 0. The fourth-order valence-electron chi connectivity index (χ4n) is 2.70. The van der Waals surface area contributed by atoms with Crippen LogP contribution in [-0.2, 0) is 6.42 Å². The molecule has 0 bridgehead atoms. The molecule has 82 valence electrons. The number of allylic oxidation sites excluding steroid dienone is 4. The Hall–Kier alpha value is -1.96. The summed E-state index contributed by atoms with van der Waals surface area (Å²) in [6, 6.07) is 8.11. The van der Waals surface area contributed by atoms with Crippen molar-refractivity contribution in [3.8, 4) is 0 Å². The molecule has 4 rings (SSSR count). The van der Waals surface area contributed by atoms with Crippen molar-refractivity contribution in [1.29, 1.82) is 0 Å². The molecule has 0 amide bonds. The second kappa shape index (κ2) is 3.27. The average Bonchev–Trinajstić information content (AvgIpc) is 2.73. The molecular weight excluding hydrogens is 208 g/mol. The van der Waals surface area contributed by atoms with Crippen LogP contribution in [0.4, 0.5) is 0 Å². The van der Waals surface area contributed by atoms with Gasteiger partial charge in [0.2, 0.25) is 0 Å². The molecule has 0 spiro atoms. The maximum absolute atomic E-state index is 4.77. The standard InChI is InChI=1S/C15H12N2/c1-2-6-11-10(5-1)9-14-15(11)17-13-8-4-3-7-12(13)16-14/h3-8H,1-2,9H2. The quantitative estimate of drug-likeness (QED) is 0.680. The van der Waals surface area contributed by atoms with Crippen LogP contribution in [0.5, 0.6) is 0 Å². The Morgan fingerprint density at radius 1 is 0.882 bits per heavy atom. The van der Waals surface area contributed by atoms with Crippen molar-refractivity contribution in [1.82, 2.24) is 9.97 Å². The van der Waals surface area contributed by atoms with Crippen LogP contribution in [0.2, 0.25) is 0 Å². The first-order valence-electron chi connectivity index (χ1n) is 6.07. The van der Waals surface area contributed by atoms with E-state index in [1.54, 1.807) is 0 Å². The number of para-hydroxylation sites is 2. The maximum Gasteiger partial charge on any atom is 0.0928 e. The van der Waals surface area contributed by atoms with Gasteiger partial charge in [0.15, 0.2) is 0 Å². The highest BCUT2D eigenvalue weighted by molar-refractivity contribution is 5.87. The molecule has 2 aromatic rings. The summed E-state index contributed by atoms with van der Waals surface area (Å²) in [5, 5.41) is 0. The van der Waals surface area contributed by atoms with Crippen molar-refractivity contribution in [2.45, 2.75) is 19.3 Å². The van der Waals surface area contributed by atoms with Crippen molar-refractivity contribution >= 4 is 16.6 Å². The topological polar surface area (TPSA) is 25.8 Å². The number of hydrogen-bond acceptors (Lipinski definition) is 2. The molecule has 0 N–H and O–H groups in total. The van der Waals surface area contributed by atoms with Gasteiger partial charge in [-0.2, -0.15) is 0 Å². The number of rotatable bonds is 0. The Morgan fingerprint density at radius 3 is 2.53 bits per heavy atom. The van der Waals surface area contributed by atoms with Gasteiger partial charge in [0.1, 0.15) is 0 Å². The molecule has 1 heterocycles. The molecule has 1 aromatic carbocycles. The van der Waals surface area contributed by atoms with Crippen LogP contribution >= 0.6 is 0 Å². The Balaban J connectivity index is 2.02. The Labute approximate surface area is 99.7 Å². The van der Waals surface area contributed by atoms with Crippen LogP contribution in [0.15, 0.2) is 42.0 Å². The van der Waals surface area contributed by atoms with E-state index in [9.17, 15) is 0 Å². The lowest BCUT2D eigenvalue weighted by atomic mass is 10.00. The van der Waals surface area contributed by atoms with E-state index in [-0.39, 0.29) is 0 Å². The normalized spacial score (nSPS) is 17.4. The number of fused-ring (bicyclic) bond motifs is 4. The third kappa shape index (κ3) is 1.27. The summed E-state index contributed by atoms with van der Waals surface area (Å²) in [6.45, 7) is 0. The molecule has 2 heteroatoms. The fourth-order valence-corrected chi connectivity index (χ4v) is 2.70. The van der Waals surface area contributed by atoms with E-state index in [1.165, 1.54) is 11.1 Å². The van der Waals surface area contributed by atoms with E-state index in [0.29, 0.717) is 0 Å². The third-order valence-electron chi connectivity index (χ3n) is 3.51. The van der Waals surface area contributed by atoms with E-state index in [0.717, 1.165) is 41.7 Å². The Morgan fingerprint density at radius 2 is 1.65 bits per heavy atom. The molecule has 0 atom stereocenters. The number of benzene rings is 1. The highest BCUT2D eigenvalue weighted by Gasteiger charge is 2.25. The highest BCUT2D eigenvalue weighted by atomic mass is 14.8. The highest BCUT2D eigenvalue weighted by Crippen LogP contribution is 2.38. The monoisotopic (exact) mass is 220 g/mol. The summed E-state index contributed by atoms with van der Waals surface area (Å²) in [6.07, 6.45) is 7.89. The van der Waals surface area contributed by atoms with Gasteiger partial charge in [0, 0.05) is 12.0 Å². The lowest BCUT2D eigenvalue weighted by Crippen LogP contribution is -1.93. The van der Waals surface area contributed by atoms with Crippen LogP contribution in [0.1, 0.15) is 24.2 Å². The van der Waals surface area contributed by atoms with Gasteiger partial charge in [-0.25, -0.2) is 9.97 Å². The molecule has 2 aliphatic carbocycles. The van der Waals surface area contributed by atoms with Crippen molar-refractivity contribution in [3.05, 3.63) is 53.4 Å². The predicted octanol–water partition coefficient (Wildman–Crippen LogP) is 3.29. The minimum Gasteiger partial charge on any atom is -0.249 e. The van der Waals surface area contributed by atoms with Gasteiger partial charge in [-0.05, 0) is 30.5 Å². The van der Waals surface area contributed by atoms with Crippen molar-refractivity contribution in [2.75, 3.05) is 0 Å². The van der Waals surface area contributed by atoms with Crippen LogP contribution in [0.3, 0.4) is 0 Å². The van der Waals surface area contributed by atoms with Gasteiger partial charge in [0.25, 0.3) is 0 Å². The summed E-state index contributed by atoms with van der Waals surface area (Å²) >= 11 is 0. The Bertz CT molecular complexity index is 680. The molecule has 1 aromatic heterocycles. The minimum absolute atomic E-state index is 0.957. The third-order valence-corrected chi connectivity index (χ3v) is 3.51. The van der Waals surface area contributed by atoms with E-state index in [4.69, 9.17) is 9.97 Å². The van der Waals surface area contributed by atoms with Crippen molar-refractivity contribution in [2.24, 2.45) is 0 Å². The minimum atomic E-state index is 0.957. The summed E-state index contributed by atoms with van der Waals surface area (Å²) < 4.78 is 0. The molecule has 0 saturated heterocycles. The van der Waals surface area contributed by atoms with Gasteiger partial charge in [-0.3, -0.25) is 0 Å². The molecule has 0 aliphatic heterocycles. The predicted molar refractivity (Wildman–Crippen MR) is 68.5 cm³/mol. The van der Waals surface area contributed by atoms with Gasteiger partial charge in [0.05, 0.1) is 22.4 Å². The molecule has 17 heavy (non-hydrogen) atoms. The van der Waals surface area contributed by atoms with E-state index in [1.807, 2.05) is 24.3 Å². The molecule has 0 unspecified atom stereocenters. The van der Waals surface area contributed by atoms with Gasteiger partial charge in [-0.1, -0.05) is 24.3 Å². The van der Waals surface area contributed by atoms with Crippen molar-refractivity contribution < 1.29 is 0 Å². The summed E-state index contributed by atoms with van der Waals surface area (Å²) in [7, 11) is 0. The zero-order valence-corrected chi connectivity index (χ0v) is 9.48. The molecule has 0 fully saturated rings. The molecular formula is C15H12N2. The second-order valence-electron chi connectivity index (χ2n) is 4.61. The first-order valence-corrected chi connectivity index (χ1v) is 6.07. The van der Waals surface area contributed by atoms with Crippen LogP contribution in [0.25, 0.3) is 16.6 Å². The number of hydrogen-bond donors (Lipinski definition) is 0. The van der Waals surface area contributed by atoms with E-state index in [2.05, 4.69) is 12.2 Å². The number of nitrogens with zero attached hydrogens (tertiary/aromatic N) is 2. The van der Waals surface area contributed by atoms with Crippen LogP contribution < -0.4 is 0 Å². The lowest BCUT2D eigenvalue weighted by molar-refractivity contribution is 1.01. The average molecular weight is 220 g/mol. The van der Waals surface area contributed by atoms with Gasteiger partial charge >= 0.3 is 0 Å². The van der Waals surface area contributed by atoms with Crippen LogP contribution in [0, 0.1) is 0 Å². The molecule has 0 radical (unpaired) electrons. The first kappa shape index (κ1) is 9.11. The number of aromatic nitrogens is 2. The largest absolute Gasteiger partial charge is 0.249 e. The molecule has 2 nitrogen and oxygen atoms in total. The SMILES string of the molecule is C1=C2Cc3nc4ccccc4nc3C2=CCC1. The smallest absolute Gasteiger partial charge is 0.0928 e. The summed E-state index contributed by atoms with van der Waals surface area (Å²) in [4.78, 5) is 9.50. The molecule has 0 saturated carbocycles. The van der Waals surface area contributed by atoms with Crippen molar-refractivity contribution in [3.63, 3.8) is 0 Å². The second-order valence-corrected chi connectivity index (χ2v) is 4.61. The fraction of sp³-hybridized carbons (Fsp3) is 0.200.